The van der Waals surface area contributed by atoms with Crippen LogP contribution in [0.4, 0.5) is 0 Å². The van der Waals surface area contributed by atoms with E-state index in [0.29, 0.717) is 18.3 Å². The Morgan fingerprint density at radius 3 is 2.70 bits per heavy atom. The molecule has 1 nitrogen and oxygen atoms in total. The van der Waals surface area contributed by atoms with E-state index in [1.807, 2.05) is 7.05 Å². The van der Waals surface area contributed by atoms with Gasteiger partial charge in [0, 0.05) is 12.4 Å². The van der Waals surface area contributed by atoms with Gasteiger partial charge in [-0.2, -0.15) is 0 Å². The Kier molecular flexibility index (Phi) is 5.48. The molecule has 0 aromatic carbocycles. The van der Waals surface area contributed by atoms with Crippen LogP contribution < -0.4 is 0 Å². The first-order chi connectivity index (χ1) is 4.70. The van der Waals surface area contributed by atoms with Crippen molar-refractivity contribution in [2.45, 2.75) is 6.92 Å². The van der Waals surface area contributed by atoms with Crippen molar-refractivity contribution in [3.05, 3.63) is 0 Å². The molecule has 0 saturated carbocycles. The highest BCUT2D eigenvalue weighted by Gasteiger charge is 2.02. The van der Waals surface area contributed by atoms with Crippen molar-refractivity contribution in [3.63, 3.8) is 0 Å². The molecule has 0 fully saturated rings. The van der Waals surface area contributed by atoms with Crippen LogP contribution in [0.1, 0.15) is 6.92 Å². The molecule has 0 rings (SSSR count). The molecule has 58 valence electrons. The van der Waals surface area contributed by atoms with Gasteiger partial charge in [-0.05, 0) is 13.0 Å². The quantitative estimate of drug-likeness (QED) is 0.443. The van der Waals surface area contributed by atoms with E-state index in [2.05, 4.69) is 17.7 Å². The molecule has 0 amide bonds. The first-order valence-corrected chi connectivity index (χ1v) is 3.92. The van der Waals surface area contributed by atoms with Crippen LogP contribution in [-0.2, 0) is 0 Å². The summed E-state index contributed by atoms with van der Waals surface area (Å²) in [5, 5.41) is 0. The summed E-state index contributed by atoms with van der Waals surface area (Å²) in [4.78, 5) is 2.09. The van der Waals surface area contributed by atoms with Gasteiger partial charge in [0.05, 0.1) is 6.54 Å². The lowest BCUT2D eigenvalue weighted by molar-refractivity contribution is 0.330. The molecule has 2 heteroatoms. The third kappa shape index (κ3) is 4.67. The average molecular weight is 160 g/mol. The first-order valence-electron chi connectivity index (χ1n) is 3.38. The van der Waals surface area contributed by atoms with Gasteiger partial charge in [-0.1, -0.05) is 12.8 Å². The van der Waals surface area contributed by atoms with Crippen LogP contribution in [-0.4, -0.2) is 30.9 Å². The summed E-state index contributed by atoms with van der Waals surface area (Å²) in [5.41, 5.74) is 0. The SMILES string of the molecule is C#CCN(C)CC(C)CCl. The maximum absolute atomic E-state index is 5.62. The molecule has 0 heterocycles. The zero-order valence-corrected chi connectivity index (χ0v) is 7.36. The zero-order valence-electron chi connectivity index (χ0n) is 6.60. The largest absolute Gasteiger partial charge is 0.295 e. The minimum Gasteiger partial charge on any atom is -0.295 e. The number of nitrogens with zero attached hydrogens (tertiary/aromatic N) is 1. The van der Waals surface area contributed by atoms with Gasteiger partial charge in [0.1, 0.15) is 0 Å². The van der Waals surface area contributed by atoms with Gasteiger partial charge in [-0.3, -0.25) is 4.90 Å². The van der Waals surface area contributed by atoms with Crippen LogP contribution in [0.2, 0.25) is 0 Å². The summed E-state index contributed by atoms with van der Waals surface area (Å²) >= 11 is 5.62. The van der Waals surface area contributed by atoms with Crippen molar-refractivity contribution in [1.29, 1.82) is 0 Å². The van der Waals surface area contributed by atoms with Gasteiger partial charge >= 0.3 is 0 Å². The zero-order chi connectivity index (χ0) is 7.98. The average Bonchev–Trinajstić information content (AvgIpc) is 1.88. The Labute approximate surface area is 68.4 Å². The molecular weight excluding hydrogens is 146 g/mol. The molecule has 0 spiro atoms. The number of hydrogen-bond acceptors (Lipinski definition) is 1. The maximum Gasteiger partial charge on any atom is 0.0596 e. The van der Waals surface area contributed by atoms with Crippen molar-refractivity contribution in [2.24, 2.45) is 5.92 Å². The Morgan fingerprint density at radius 2 is 2.30 bits per heavy atom. The van der Waals surface area contributed by atoms with Crippen LogP contribution in [0, 0.1) is 18.3 Å². The maximum atomic E-state index is 5.62. The third-order valence-electron chi connectivity index (χ3n) is 1.25. The van der Waals surface area contributed by atoms with Crippen LogP contribution in [0.15, 0.2) is 0 Å². The summed E-state index contributed by atoms with van der Waals surface area (Å²) in [6.07, 6.45) is 5.12. The molecule has 0 aromatic heterocycles. The second kappa shape index (κ2) is 5.58. The Bertz CT molecular complexity index is 117. The van der Waals surface area contributed by atoms with Crippen molar-refractivity contribution >= 4 is 11.6 Å². The fourth-order valence-electron chi connectivity index (χ4n) is 0.801. The Hall–Kier alpha value is -0.190. The monoisotopic (exact) mass is 159 g/mol. The van der Waals surface area contributed by atoms with E-state index in [-0.39, 0.29) is 0 Å². The van der Waals surface area contributed by atoms with E-state index < -0.39 is 0 Å². The molecule has 0 saturated heterocycles. The topological polar surface area (TPSA) is 3.24 Å². The standard InChI is InChI=1S/C8H14ClN/c1-4-5-10(3)7-8(2)6-9/h1,8H,5-7H2,2-3H3. The summed E-state index contributed by atoms with van der Waals surface area (Å²) in [5.74, 6) is 3.81. The summed E-state index contributed by atoms with van der Waals surface area (Å²) in [6, 6.07) is 0. The molecule has 10 heavy (non-hydrogen) atoms. The van der Waals surface area contributed by atoms with Crippen molar-refractivity contribution in [1.82, 2.24) is 4.90 Å². The Morgan fingerprint density at radius 1 is 1.70 bits per heavy atom. The summed E-state index contributed by atoms with van der Waals surface area (Å²) < 4.78 is 0. The fourth-order valence-corrected chi connectivity index (χ4v) is 0.899. The van der Waals surface area contributed by atoms with Gasteiger partial charge in [0.25, 0.3) is 0 Å². The fraction of sp³-hybridized carbons (Fsp3) is 0.750. The minimum atomic E-state index is 0.528. The first kappa shape index (κ1) is 9.81. The summed E-state index contributed by atoms with van der Waals surface area (Å²) in [6.45, 7) is 3.80. The van der Waals surface area contributed by atoms with Crippen LogP contribution in [0.25, 0.3) is 0 Å². The number of terminal acetylenes is 1. The molecular formula is C8H14ClN. The van der Waals surface area contributed by atoms with Gasteiger partial charge in [0.2, 0.25) is 0 Å². The van der Waals surface area contributed by atoms with E-state index in [9.17, 15) is 0 Å². The smallest absolute Gasteiger partial charge is 0.0596 e. The minimum absolute atomic E-state index is 0.528. The lowest BCUT2D eigenvalue weighted by Crippen LogP contribution is -2.25. The second-order valence-corrected chi connectivity index (χ2v) is 2.97. The summed E-state index contributed by atoms with van der Waals surface area (Å²) in [7, 11) is 2.00. The molecule has 0 aliphatic carbocycles. The van der Waals surface area contributed by atoms with Crippen LogP contribution in [0.3, 0.4) is 0 Å². The molecule has 1 atom stereocenters. The van der Waals surface area contributed by atoms with Gasteiger partial charge in [-0.15, -0.1) is 18.0 Å². The number of rotatable bonds is 4. The van der Waals surface area contributed by atoms with Crippen molar-refractivity contribution in [2.75, 3.05) is 26.0 Å². The van der Waals surface area contributed by atoms with E-state index in [4.69, 9.17) is 18.0 Å². The van der Waals surface area contributed by atoms with E-state index >= 15 is 0 Å². The van der Waals surface area contributed by atoms with Crippen molar-refractivity contribution in [3.8, 4) is 12.3 Å². The van der Waals surface area contributed by atoms with Gasteiger partial charge in [-0.25, -0.2) is 0 Å². The molecule has 1 unspecified atom stereocenters. The lowest BCUT2D eigenvalue weighted by Gasteiger charge is -2.16. The molecule has 0 radical (unpaired) electrons. The van der Waals surface area contributed by atoms with E-state index in [1.165, 1.54) is 0 Å². The van der Waals surface area contributed by atoms with Gasteiger partial charge < -0.3 is 0 Å². The normalized spacial score (nSPS) is 13.1. The number of alkyl halides is 1. The lowest BCUT2D eigenvalue weighted by atomic mass is 10.2. The predicted octanol–water partition coefficient (Wildman–Crippen LogP) is 1.43. The van der Waals surface area contributed by atoms with Gasteiger partial charge in [0.15, 0.2) is 0 Å². The van der Waals surface area contributed by atoms with E-state index in [1.54, 1.807) is 0 Å². The van der Waals surface area contributed by atoms with Crippen LogP contribution in [0.5, 0.6) is 0 Å². The molecule has 0 aromatic rings. The number of hydrogen-bond donors (Lipinski definition) is 0. The predicted molar refractivity (Wildman–Crippen MR) is 46.2 cm³/mol. The molecule has 0 aliphatic rings. The highest BCUT2D eigenvalue weighted by molar-refractivity contribution is 6.18. The van der Waals surface area contributed by atoms with E-state index in [0.717, 1.165) is 6.54 Å². The number of halogens is 1. The third-order valence-corrected chi connectivity index (χ3v) is 1.77. The second-order valence-electron chi connectivity index (χ2n) is 2.66. The highest BCUT2D eigenvalue weighted by Crippen LogP contribution is 1.99. The van der Waals surface area contributed by atoms with Crippen LogP contribution >= 0.6 is 11.6 Å². The molecule has 0 bridgehead atoms. The highest BCUT2D eigenvalue weighted by atomic mass is 35.5. The molecule has 0 aliphatic heterocycles. The van der Waals surface area contributed by atoms with Crippen molar-refractivity contribution < 1.29 is 0 Å². The molecule has 0 N–H and O–H groups in total. The Balaban J connectivity index is 3.38.